The highest BCUT2D eigenvalue weighted by atomic mass is 16.5. The van der Waals surface area contributed by atoms with Gasteiger partial charge < -0.3 is 25.6 Å². The van der Waals surface area contributed by atoms with Crippen LogP contribution in [-0.2, 0) is 19.7 Å². The molecule has 0 aromatic carbocycles. The Balaban J connectivity index is 1.51. The van der Waals surface area contributed by atoms with Crippen LogP contribution in [0.5, 0.6) is 0 Å². The number of fused-ring (bicyclic) bond motifs is 2. The van der Waals surface area contributed by atoms with E-state index < -0.39 is 11.5 Å². The van der Waals surface area contributed by atoms with Crippen molar-refractivity contribution in [2.75, 3.05) is 36.9 Å². The third-order valence-electron chi connectivity index (χ3n) is 7.96. The number of ether oxygens (including phenoxy) is 1. The normalized spacial score (nSPS) is 23.8. The number of carbonyl (C=O) groups is 3. The van der Waals surface area contributed by atoms with Crippen molar-refractivity contribution in [1.29, 1.82) is 0 Å². The van der Waals surface area contributed by atoms with Gasteiger partial charge in [-0.3, -0.25) is 9.59 Å². The number of rotatable bonds is 7. The Hall–Kier alpha value is -2.68. The predicted octanol–water partition coefficient (Wildman–Crippen LogP) is 3.66. The Morgan fingerprint density at radius 3 is 2.60 bits per heavy atom. The monoisotopic (exact) mass is 485 g/mol. The number of hydrogen-bond acceptors (Lipinski definition) is 5. The maximum absolute atomic E-state index is 13.5. The molecule has 3 aliphatic rings. The fourth-order valence-corrected chi connectivity index (χ4v) is 5.71. The smallest absolute Gasteiger partial charge is 0.318 e. The molecule has 35 heavy (non-hydrogen) atoms. The van der Waals surface area contributed by atoms with Crippen molar-refractivity contribution < 1.29 is 19.1 Å². The van der Waals surface area contributed by atoms with Crippen LogP contribution in [0.1, 0.15) is 71.3 Å². The van der Waals surface area contributed by atoms with Crippen LogP contribution in [-0.4, -0.2) is 60.1 Å². The van der Waals surface area contributed by atoms with E-state index in [1.165, 1.54) is 0 Å². The second-order valence-electron chi connectivity index (χ2n) is 10.3. The van der Waals surface area contributed by atoms with E-state index in [1.54, 1.807) is 17.2 Å². The lowest BCUT2D eigenvalue weighted by atomic mass is 9.76. The molecule has 192 valence electrons. The van der Waals surface area contributed by atoms with Gasteiger partial charge in [-0.25, -0.2) is 9.78 Å². The molecule has 2 fully saturated rings. The minimum absolute atomic E-state index is 0.0295. The first-order valence-corrected chi connectivity index (χ1v) is 13.1. The highest BCUT2D eigenvalue weighted by molar-refractivity contribution is 6.07. The topological polar surface area (TPSA) is 113 Å². The van der Waals surface area contributed by atoms with Crippen LogP contribution in [0.15, 0.2) is 12.3 Å². The van der Waals surface area contributed by atoms with E-state index in [-0.39, 0.29) is 23.8 Å². The lowest BCUT2D eigenvalue weighted by Gasteiger charge is -2.33. The number of nitrogens with one attached hydrogen (secondary N) is 3. The minimum atomic E-state index is -0.632. The molecule has 1 spiro atoms. The van der Waals surface area contributed by atoms with Crippen molar-refractivity contribution in [2.45, 2.75) is 77.2 Å². The molecule has 1 unspecified atom stereocenters. The Morgan fingerprint density at radius 2 is 1.94 bits per heavy atom. The minimum Gasteiger partial charge on any atom is -0.381 e. The summed E-state index contributed by atoms with van der Waals surface area (Å²) >= 11 is 0. The van der Waals surface area contributed by atoms with Crippen LogP contribution in [0.2, 0.25) is 0 Å². The van der Waals surface area contributed by atoms with E-state index in [1.807, 2.05) is 13.8 Å². The summed E-state index contributed by atoms with van der Waals surface area (Å²) in [5.74, 6) is 0.802. The maximum Gasteiger partial charge on any atom is 0.318 e. The van der Waals surface area contributed by atoms with Crippen molar-refractivity contribution in [3.05, 3.63) is 17.8 Å². The number of amides is 4. The van der Waals surface area contributed by atoms with Crippen molar-refractivity contribution in [2.24, 2.45) is 11.8 Å². The van der Waals surface area contributed by atoms with Gasteiger partial charge in [-0.05, 0) is 50.9 Å². The standard InChI is InChI=1S/C26H39N5O4/c1-4-12-31(5-2)25(34)30-22(18-8-6-17(3)7-9-18)23(32)29-21-15-20-19(16-27-21)26(24(33)28-20)10-13-35-14-11-26/h15-18,22H,4-14H2,1-3H3,(H,28,33)(H,30,34)(H,27,29,32). The Morgan fingerprint density at radius 1 is 1.23 bits per heavy atom. The molecule has 4 rings (SSSR count). The van der Waals surface area contributed by atoms with Crippen LogP contribution in [0.3, 0.4) is 0 Å². The maximum atomic E-state index is 13.5. The summed E-state index contributed by atoms with van der Waals surface area (Å²) in [7, 11) is 0. The lowest BCUT2D eigenvalue weighted by Crippen LogP contribution is -2.53. The number of aromatic nitrogens is 1. The predicted molar refractivity (Wildman–Crippen MR) is 134 cm³/mol. The van der Waals surface area contributed by atoms with Gasteiger partial charge in [-0.2, -0.15) is 0 Å². The summed E-state index contributed by atoms with van der Waals surface area (Å²) in [6.07, 6.45) is 7.70. The van der Waals surface area contributed by atoms with Gasteiger partial charge in [0.05, 0.1) is 11.1 Å². The van der Waals surface area contributed by atoms with Gasteiger partial charge in [0.1, 0.15) is 11.9 Å². The summed E-state index contributed by atoms with van der Waals surface area (Å²) < 4.78 is 5.46. The first-order chi connectivity index (χ1) is 16.9. The van der Waals surface area contributed by atoms with Gasteiger partial charge in [0.15, 0.2) is 0 Å². The van der Waals surface area contributed by atoms with Gasteiger partial charge in [-0.15, -0.1) is 0 Å². The molecule has 1 atom stereocenters. The van der Waals surface area contributed by atoms with E-state index >= 15 is 0 Å². The summed E-state index contributed by atoms with van der Waals surface area (Å²) in [4.78, 5) is 45.5. The Bertz CT molecular complexity index is 938. The molecule has 2 aliphatic heterocycles. The molecule has 3 heterocycles. The molecule has 1 aromatic rings. The third kappa shape index (κ3) is 5.29. The molecule has 1 saturated carbocycles. The summed E-state index contributed by atoms with van der Waals surface area (Å²) in [5, 5.41) is 8.92. The van der Waals surface area contributed by atoms with E-state index in [9.17, 15) is 14.4 Å². The fourth-order valence-electron chi connectivity index (χ4n) is 5.71. The zero-order valence-corrected chi connectivity index (χ0v) is 21.2. The summed E-state index contributed by atoms with van der Waals surface area (Å²) in [6.45, 7) is 8.54. The van der Waals surface area contributed by atoms with Crippen molar-refractivity contribution >= 4 is 29.4 Å². The molecule has 0 radical (unpaired) electrons. The molecule has 4 amide bonds. The van der Waals surface area contributed by atoms with E-state index in [0.717, 1.165) is 37.7 Å². The average molecular weight is 486 g/mol. The zero-order valence-electron chi connectivity index (χ0n) is 21.2. The molecule has 1 saturated heterocycles. The van der Waals surface area contributed by atoms with Crippen LogP contribution >= 0.6 is 0 Å². The van der Waals surface area contributed by atoms with E-state index in [4.69, 9.17) is 4.74 Å². The van der Waals surface area contributed by atoms with Crippen molar-refractivity contribution in [3.8, 4) is 0 Å². The highest BCUT2D eigenvalue weighted by Gasteiger charge is 2.48. The highest BCUT2D eigenvalue weighted by Crippen LogP contribution is 2.44. The van der Waals surface area contributed by atoms with E-state index in [2.05, 4.69) is 27.9 Å². The van der Waals surface area contributed by atoms with Gasteiger partial charge in [-0.1, -0.05) is 26.7 Å². The molecule has 9 nitrogen and oxygen atoms in total. The molecule has 1 aliphatic carbocycles. The molecular formula is C26H39N5O4. The molecule has 9 heteroatoms. The third-order valence-corrected chi connectivity index (χ3v) is 7.96. The number of urea groups is 1. The summed E-state index contributed by atoms with van der Waals surface area (Å²) in [6, 6.07) is 0.892. The van der Waals surface area contributed by atoms with E-state index in [0.29, 0.717) is 56.6 Å². The van der Waals surface area contributed by atoms with Crippen LogP contribution < -0.4 is 16.0 Å². The van der Waals surface area contributed by atoms with Gasteiger partial charge in [0.25, 0.3) is 0 Å². The number of hydrogen-bond donors (Lipinski definition) is 3. The van der Waals surface area contributed by atoms with Crippen LogP contribution in [0.4, 0.5) is 16.3 Å². The van der Waals surface area contributed by atoms with Gasteiger partial charge >= 0.3 is 6.03 Å². The quantitative estimate of drug-likeness (QED) is 0.546. The first-order valence-electron chi connectivity index (χ1n) is 13.1. The average Bonchev–Trinajstić information content (AvgIpc) is 3.11. The first kappa shape index (κ1) is 25.4. The molecular weight excluding hydrogens is 446 g/mol. The number of pyridine rings is 1. The molecule has 1 aromatic heterocycles. The van der Waals surface area contributed by atoms with Crippen LogP contribution in [0.25, 0.3) is 0 Å². The lowest BCUT2D eigenvalue weighted by molar-refractivity contribution is -0.124. The van der Waals surface area contributed by atoms with Crippen LogP contribution in [0, 0.1) is 11.8 Å². The second-order valence-corrected chi connectivity index (χ2v) is 10.3. The Kier molecular flexibility index (Phi) is 7.94. The zero-order chi connectivity index (χ0) is 25.0. The SMILES string of the molecule is CCCN(CC)C(=O)NC(C(=O)Nc1cc2c(cn1)C1(CCOCC1)C(=O)N2)C1CCC(C)CC1. The van der Waals surface area contributed by atoms with Gasteiger partial charge in [0, 0.05) is 44.1 Å². The largest absolute Gasteiger partial charge is 0.381 e. The summed E-state index contributed by atoms with van der Waals surface area (Å²) in [5.41, 5.74) is 0.962. The second kappa shape index (κ2) is 10.9. The molecule has 0 bridgehead atoms. The van der Waals surface area contributed by atoms with Gasteiger partial charge in [0.2, 0.25) is 11.8 Å². The number of carbonyl (C=O) groups excluding carboxylic acids is 3. The molecule has 3 N–H and O–H groups in total. The van der Waals surface area contributed by atoms with Crippen molar-refractivity contribution in [1.82, 2.24) is 15.2 Å². The number of anilines is 2. The number of nitrogens with zero attached hydrogens (tertiary/aromatic N) is 2. The fraction of sp³-hybridized carbons (Fsp3) is 0.692. The Labute approximate surface area is 207 Å². The van der Waals surface area contributed by atoms with Crippen molar-refractivity contribution in [3.63, 3.8) is 0 Å².